The lowest BCUT2D eigenvalue weighted by Crippen LogP contribution is -2.30. The molecule has 4 heteroatoms. The fourth-order valence-electron chi connectivity index (χ4n) is 1.18. The van der Waals surface area contributed by atoms with Crippen molar-refractivity contribution in [1.29, 1.82) is 0 Å². The molecule has 1 aromatic heterocycles. The Morgan fingerprint density at radius 1 is 1.23 bits per heavy atom. The van der Waals surface area contributed by atoms with Crippen LogP contribution in [-0.2, 0) is 0 Å². The Morgan fingerprint density at radius 3 is 2.31 bits per heavy atom. The molecule has 1 heterocycles. The van der Waals surface area contributed by atoms with Crippen LogP contribution in [0.15, 0.2) is 6.20 Å². The molecule has 0 unspecified atom stereocenters. The third-order valence-corrected chi connectivity index (χ3v) is 2.10. The highest BCUT2D eigenvalue weighted by atomic mass is 16.5. The number of nitrogens with zero attached hydrogens (tertiary/aromatic N) is 1. The van der Waals surface area contributed by atoms with Crippen molar-refractivity contribution in [3.63, 3.8) is 0 Å². The molecule has 0 fully saturated rings. The van der Waals surface area contributed by atoms with Gasteiger partial charge in [-0.2, -0.15) is 4.73 Å². The normalized spacial score (nSPS) is 9.85. The van der Waals surface area contributed by atoms with E-state index in [1.807, 2.05) is 6.92 Å². The van der Waals surface area contributed by atoms with Gasteiger partial charge in [-0.25, -0.2) is 0 Å². The molecule has 0 saturated heterocycles. The van der Waals surface area contributed by atoms with Crippen LogP contribution in [0.25, 0.3) is 0 Å². The molecule has 1 rings (SSSR count). The lowest BCUT2D eigenvalue weighted by atomic mass is 10.2. The van der Waals surface area contributed by atoms with E-state index in [9.17, 15) is 5.21 Å². The minimum Gasteiger partial charge on any atom is -0.618 e. The van der Waals surface area contributed by atoms with Crippen molar-refractivity contribution in [3.05, 3.63) is 22.7 Å². The number of methoxy groups -OCH3 is 2. The summed E-state index contributed by atoms with van der Waals surface area (Å²) in [7, 11) is 3.06. The van der Waals surface area contributed by atoms with Gasteiger partial charge in [0.25, 0.3) is 0 Å². The van der Waals surface area contributed by atoms with E-state index in [4.69, 9.17) is 9.47 Å². The summed E-state index contributed by atoms with van der Waals surface area (Å²) in [5.74, 6) is 1.08. The maximum Gasteiger partial charge on any atom is 0.227 e. The van der Waals surface area contributed by atoms with E-state index < -0.39 is 0 Å². The maximum absolute atomic E-state index is 11.3. The third kappa shape index (κ3) is 1.52. The SMILES string of the molecule is COc1c[n+]([O-])c(C)c(C)c1OC. The highest BCUT2D eigenvalue weighted by Gasteiger charge is 2.16. The fraction of sp³-hybridized carbons (Fsp3) is 0.444. The Balaban J connectivity index is 3.39. The molecule has 4 nitrogen and oxygen atoms in total. The second kappa shape index (κ2) is 3.51. The second-order valence-corrected chi connectivity index (χ2v) is 2.77. The maximum atomic E-state index is 11.3. The summed E-state index contributed by atoms with van der Waals surface area (Å²) in [5, 5.41) is 11.3. The molecule has 0 spiro atoms. The van der Waals surface area contributed by atoms with Gasteiger partial charge in [0, 0.05) is 6.92 Å². The van der Waals surface area contributed by atoms with Crippen molar-refractivity contribution in [1.82, 2.24) is 0 Å². The van der Waals surface area contributed by atoms with Crippen LogP contribution >= 0.6 is 0 Å². The summed E-state index contributed by atoms with van der Waals surface area (Å²) in [6, 6.07) is 0. The van der Waals surface area contributed by atoms with Crippen molar-refractivity contribution in [3.8, 4) is 11.5 Å². The van der Waals surface area contributed by atoms with Gasteiger partial charge in [-0.15, -0.1) is 0 Å². The van der Waals surface area contributed by atoms with Crippen LogP contribution in [0.1, 0.15) is 11.3 Å². The molecule has 0 bridgehead atoms. The van der Waals surface area contributed by atoms with Crippen LogP contribution in [-0.4, -0.2) is 14.2 Å². The second-order valence-electron chi connectivity index (χ2n) is 2.77. The molecule has 72 valence electrons. The number of hydrogen-bond acceptors (Lipinski definition) is 3. The highest BCUT2D eigenvalue weighted by molar-refractivity contribution is 5.43. The summed E-state index contributed by atoms with van der Waals surface area (Å²) in [5.41, 5.74) is 1.43. The van der Waals surface area contributed by atoms with Crippen LogP contribution in [0, 0.1) is 19.1 Å². The van der Waals surface area contributed by atoms with Crippen molar-refractivity contribution >= 4 is 0 Å². The topological polar surface area (TPSA) is 45.4 Å². The summed E-state index contributed by atoms with van der Waals surface area (Å²) in [6.07, 6.45) is 1.36. The first-order chi connectivity index (χ1) is 6.11. The van der Waals surface area contributed by atoms with Crippen LogP contribution in [0.4, 0.5) is 0 Å². The largest absolute Gasteiger partial charge is 0.618 e. The van der Waals surface area contributed by atoms with Gasteiger partial charge in [-0.3, -0.25) is 0 Å². The summed E-state index contributed by atoms with van der Waals surface area (Å²) < 4.78 is 10.9. The van der Waals surface area contributed by atoms with E-state index in [-0.39, 0.29) is 0 Å². The zero-order valence-corrected chi connectivity index (χ0v) is 8.25. The molecule has 0 aliphatic heterocycles. The third-order valence-electron chi connectivity index (χ3n) is 2.10. The first-order valence-electron chi connectivity index (χ1n) is 3.93. The van der Waals surface area contributed by atoms with Crippen LogP contribution in [0.2, 0.25) is 0 Å². The van der Waals surface area contributed by atoms with Crippen LogP contribution in [0.3, 0.4) is 0 Å². The van der Waals surface area contributed by atoms with Gasteiger partial charge < -0.3 is 14.7 Å². The molecule has 0 N–H and O–H groups in total. The summed E-state index contributed by atoms with van der Waals surface area (Å²) in [4.78, 5) is 0. The lowest BCUT2D eigenvalue weighted by Gasteiger charge is -2.11. The van der Waals surface area contributed by atoms with Gasteiger partial charge in [-0.1, -0.05) is 0 Å². The van der Waals surface area contributed by atoms with Crippen molar-refractivity contribution in [2.24, 2.45) is 0 Å². The monoisotopic (exact) mass is 183 g/mol. The minimum absolute atomic E-state index is 0.459. The van der Waals surface area contributed by atoms with Gasteiger partial charge in [0.05, 0.1) is 19.8 Å². The lowest BCUT2D eigenvalue weighted by molar-refractivity contribution is -0.613. The van der Waals surface area contributed by atoms with Crippen molar-refractivity contribution < 1.29 is 14.2 Å². The summed E-state index contributed by atoms with van der Waals surface area (Å²) >= 11 is 0. The fourth-order valence-corrected chi connectivity index (χ4v) is 1.18. The van der Waals surface area contributed by atoms with E-state index in [1.54, 1.807) is 14.0 Å². The predicted octanol–water partition coefficient (Wildman–Crippen LogP) is 0.954. The average molecular weight is 183 g/mol. The highest BCUT2D eigenvalue weighted by Crippen LogP contribution is 2.29. The standard InChI is InChI=1S/C9H13NO3/c1-6-7(2)10(11)5-8(12-3)9(6)13-4/h5H,1-4H3. The molecular weight excluding hydrogens is 170 g/mol. The van der Waals surface area contributed by atoms with Gasteiger partial charge in [0.2, 0.25) is 11.9 Å². The molecule has 0 aliphatic carbocycles. The number of aromatic nitrogens is 1. The minimum atomic E-state index is 0.459. The number of ether oxygens (including phenoxy) is 2. The smallest absolute Gasteiger partial charge is 0.227 e. The number of hydrogen-bond donors (Lipinski definition) is 0. The first kappa shape index (κ1) is 9.64. The van der Waals surface area contributed by atoms with E-state index in [0.29, 0.717) is 17.2 Å². The molecule has 0 saturated carbocycles. The molecule has 0 atom stereocenters. The van der Waals surface area contributed by atoms with Crippen LogP contribution in [0.5, 0.6) is 11.5 Å². The Morgan fingerprint density at radius 2 is 1.85 bits per heavy atom. The Kier molecular flexibility index (Phi) is 2.60. The van der Waals surface area contributed by atoms with Crippen LogP contribution < -0.4 is 14.2 Å². The van der Waals surface area contributed by atoms with Crippen molar-refractivity contribution in [2.45, 2.75) is 13.8 Å². The van der Waals surface area contributed by atoms with E-state index in [0.717, 1.165) is 10.3 Å². The Labute approximate surface area is 77.3 Å². The molecule has 1 aromatic rings. The van der Waals surface area contributed by atoms with Gasteiger partial charge in [0.1, 0.15) is 0 Å². The Hall–Kier alpha value is -1.45. The molecule has 0 aromatic carbocycles. The number of pyridine rings is 1. The first-order valence-corrected chi connectivity index (χ1v) is 3.93. The van der Waals surface area contributed by atoms with E-state index in [2.05, 4.69) is 0 Å². The summed E-state index contributed by atoms with van der Waals surface area (Å²) in [6.45, 7) is 3.56. The van der Waals surface area contributed by atoms with Gasteiger partial charge in [-0.05, 0) is 6.92 Å². The molecule has 0 radical (unpaired) electrons. The zero-order chi connectivity index (χ0) is 10.0. The predicted molar refractivity (Wildman–Crippen MR) is 48.0 cm³/mol. The van der Waals surface area contributed by atoms with E-state index >= 15 is 0 Å². The molecule has 0 amide bonds. The number of rotatable bonds is 2. The quantitative estimate of drug-likeness (QED) is 0.506. The molecular formula is C9H13NO3. The Bertz CT molecular complexity index is 323. The average Bonchev–Trinajstić information content (AvgIpc) is 2.13. The van der Waals surface area contributed by atoms with Gasteiger partial charge in [0.15, 0.2) is 11.4 Å². The van der Waals surface area contributed by atoms with Crippen molar-refractivity contribution in [2.75, 3.05) is 14.2 Å². The molecule has 13 heavy (non-hydrogen) atoms. The zero-order valence-electron chi connectivity index (χ0n) is 8.25. The van der Waals surface area contributed by atoms with E-state index in [1.165, 1.54) is 13.3 Å². The van der Waals surface area contributed by atoms with Gasteiger partial charge >= 0.3 is 0 Å². The molecule has 0 aliphatic rings.